The zero-order valence-electron chi connectivity index (χ0n) is 35.3. The van der Waals surface area contributed by atoms with Gasteiger partial charge in [-0.3, -0.25) is 0 Å². The Morgan fingerprint density at radius 3 is 1.79 bits per heavy atom. The van der Waals surface area contributed by atoms with Crippen LogP contribution in [0.2, 0.25) is 0 Å². The fraction of sp³-hybridized carbons (Fsp3) is 0.0667. The van der Waals surface area contributed by atoms with Gasteiger partial charge in [0.2, 0.25) is 5.69 Å². The lowest BCUT2D eigenvalue weighted by Crippen LogP contribution is -2.38. The molecule has 1 aliphatic carbocycles. The molecular weight excluding hydrogens is 763 g/mol. The molecule has 0 N–H and O–H groups in total. The number of hydrogen-bond acceptors (Lipinski definition) is 2. The van der Waals surface area contributed by atoms with Crippen molar-refractivity contribution in [2.45, 2.75) is 25.3 Å². The lowest BCUT2D eigenvalue weighted by atomic mass is 9.82. The van der Waals surface area contributed by atoms with E-state index in [4.69, 9.17) is 5.11 Å². The van der Waals surface area contributed by atoms with Gasteiger partial charge in [-0.2, -0.15) is 0 Å². The van der Waals surface area contributed by atoms with E-state index < -0.39 is 0 Å². The van der Waals surface area contributed by atoms with Gasteiger partial charge in [0, 0.05) is 34.1 Å². The lowest BCUT2D eigenvalue weighted by Gasteiger charge is -2.28. The van der Waals surface area contributed by atoms with Crippen LogP contribution in [0, 0.1) is 0 Å². The van der Waals surface area contributed by atoms with Crippen LogP contribution in [0.5, 0.6) is 0 Å². The van der Waals surface area contributed by atoms with Crippen LogP contribution in [0.4, 0.5) is 17.1 Å². The summed E-state index contributed by atoms with van der Waals surface area (Å²) in [6.45, 7) is 4.72. The van der Waals surface area contributed by atoms with E-state index in [0.29, 0.717) is 0 Å². The van der Waals surface area contributed by atoms with Crippen LogP contribution in [0.15, 0.2) is 230 Å². The Hall–Kier alpha value is -7.88. The minimum absolute atomic E-state index is 0.143. The molecule has 9 aromatic carbocycles. The largest absolute Gasteiger partial charge is 0.310 e. The van der Waals surface area contributed by atoms with E-state index in [-0.39, 0.29) is 11.5 Å². The second kappa shape index (κ2) is 14.6. The average Bonchev–Trinajstić information content (AvgIpc) is 3.86. The molecule has 0 amide bonds. The molecule has 0 spiro atoms. The minimum atomic E-state index is -0.190. The number of nitrogens with zero attached hydrogens (tertiary/aromatic N) is 3. The third kappa shape index (κ3) is 6.11. The van der Waals surface area contributed by atoms with Crippen molar-refractivity contribution in [1.82, 2.24) is 0 Å². The Labute approximate surface area is 367 Å². The smallest absolute Gasteiger partial charge is 0.252 e. The first-order valence-electron chi connectivity index (χ1n) is 21.9. The van der Waals surface area contributed by atoms with Crippen molar-refractivity contribution < 1.29 is 4.36 Å². The van der Waals surface area contributed by atoms with Gasteiger partial charge in [0.1, 0.15) is 0 Å². The zero-order valence-corrected chi connectivity index (χ0v) is 35.3. The van der Waals surface area contributed by atoms with Gasteiger partial charge >= 0.3 is 0 Å². The fourth-order valence-corrected chi connectivity index (χ4v) is 10.2. The lowest BCUT2D eigenvalue weighted by molar-refractivity contribution is -0.546. The van der Waals surface area contributed by atoms with E-state index in [1.807, 2.05) is 0 Å². The van der Waals surface area contributed by atoms with Crippen molar-refractivity contribution in [2.75, 3.05) is 4.90 Å². The van der Waals surface area contributed by atoms with Crippen LogP contribution < -0.4 is 14.6 Å². The first-order chi connectivity index (χ1) is 31.0. The number of pyridine rings is 1. The summed E-state index contributed by atoms with van der Waals surface area (Å²) in [6, 6.07) is 81.7. The van der Waals surface area contributed by atoms with Gasteiger partial charge < -0.3 is 4.90 Å². The SMILES string of the molecule is CC1(C)c2ccccc2-c2ccc(N(c3ccc(-c4ccc5ccccc5c4)cc3)c3ccc4cc(-c5ccccc5)[n+]5c(c4c3)=C(c3ccccc3)C(c3ccccc3)N=5)cc21. The molecule has 1 unspecified atom stereocenters. The predicted molar refractivity (Wildman–Crippen MR) is 260 cm³/mol. The van der Waals surface area contributed by atoms with Crippen LogP contribution in [0.3, 0.4) is 0 Å². The summed E-state index contributed by atoms with van der Waals surface area (Å²) in [4.78, 5) is 2.44. The molecule has 2 aliphatic rings. The van der Waals surface area contributed by atoms with E-state index in [1.165, 1.54) is 66.2 Å². The summed E-state index contributed by atoms with van der Waals surface area (Å²) in [5.74, 6) is 0. The topological polar surface area (TPSA) is 21.5 Å². The first kappa shape index (κ1) is 36.9. The Morgan fingerprint density at radius 2 is 1.02 bits per heavy atom. The molecule has 0 radical (unpaired) electrons. The van der Waals surface area contributed by atoms with Gasteiger partial charge in [-0.25, -0.2) is 0 Å². The second-order valence-electron chi connectivity index (χ2n) is 17.4. The Balaban J connectivity index is 1.10. The highest BCUT2D eigenvalue weighted by molar-refractivity contribution is 5.94. The van der Waals surface area contributed by atoms with Gasteiger partial charge in [0.05, 0.1) is 11.0 Å². The van der Waals surface area contributed by atoms with Crippen LogP contribution >= 0.6 is 0 Å². The highest BCUT2D eigenvalue weighted by Crippen LogP contribution is 2.51. The van der Waals surface area contributed by atoms with Gasteiger partial charge in [0.25, 0.3) is 5.35 Å². The summed E-state index contributed by atoms with van der Waals surface area (Å²) < 4.78 is 2.22. The van der Waals surface area contributed by atoms with E-state index in [2.05, 4.69) is 248 Å². The third-order valence-electron chi connectivity index (χ3n) is 13.3. The molecule has 2 heterocycles. The number of hydrogen-bond donors (Lipinski definition) is 0. The van der Waals surface area contributed by atoms with E-state index in [1.54, 1.807) is 0 Å². The molecule has 0 fully saturated rings. The monoisotopic (exact) mass is 806 g/mol. The molecule has 3 nitrogen and oxygen atoms in total. The molecule has 1 aliphatic heterocycles. The molecule has 298 valence electrons. The van der Waals surface area contributed by atoms with E-state index >= 15 is 0 Å². The number of fused-ring (bicyclic) bond motifs is 7. The van der Waals surface area contributed by atoms with Crippen molar-refractivity contribution in [1.29, 1.82) is 0 Å². The maximum absolute atomic E-state index is 5.60. The molecule has 63 heavy (non-hydrogen) atoms. The van der Waals surface area contributed by atoms with Crippen LogP contribution in [-0.4, -0.2) is 0 Å². The standard InChI is InChI=1S/C60H44N3/c1-60(2)54-25-15-14-24-51(54)52-35-34-50(39-55(52)60)62(48-31-28-41(29-32-48)46-27-26-40-16-12-13-23-45(40)36-46)49-33-30-47-37-56(42-17-6-3-7-18-42)63-59(53(47)38-49)57(43-19-8-4-9-20-43)58(61-63)44-21-10-5-11-22-44/h3-39,58H,1-2H3/q+1. The van der Waals surface area contributed by atoms with Gasteiger partial charge in [-0.05, 0) is 125 Å². The molecule has 1 atom stereocenters. The second-order valence-corrected chi connectivity index (χ2v) is 17.4. The van der Waals surface area contributed by atoms with Gasteiger partial charge in [-0.15, -0.1) is 0 Å². The van der Waals surface area contributed by atoms with E-state index in [0.717, 1.165) is 39.1 Å². The first-order valence-corrected chi connectivity index (χ1v) is 21.9. The number of rotatable bonds is 7. The van der Waals surface area contributed by atoms with Crippen LogP contribution in [0.25, 0.3) is 60.6 Å². The van der Waals surface area contributed by atoms with E-state index in [9.17, 15) is 0 Å². The molecule has 0 saturated carbocycles. The maximum Gasteiger partial charge on any atom is 0.252 e. The van der Waals surface area contributed by atoms with Crippen molar-refractivity contribution in [3.05, 3.63) is 252 Å². The summed E-state index contributed by atoms with van der Waals surface area (Å²) in [7, 11) is 0. The summed E-state index contributed by atoms with van der Waals surface area (Å²) >= 11 is 0. The highest BCUT2D eigenvalue weighted by Gasteiger charge is 2.37. The zero-order chi connectivity index (χ0) is 42.1. The average molecular weight is 807 g/mol. The summed E-state index contributed by atoms with van der Waals surface area (Å²) in [6.07, 6.45) is 0. The molecule has 0 bridgehead atoms. The van der Waals surface area contributed by atoms with Crippen molar-refractivity contribution in [2.24, 2.45) is 5.11 Å². The molecular formula is C60H44N3+. The predicted octanol–water partition coefficient (Wildman–Crippen LogP) is 14.4. The fourth-order valence-electron chi connectivity index (χ4n) is 10.2. The Morgan fingerprint density at radius 1 is 0.429 bits per heavy atom. The summed E-state index contributed by atoms with van der Waals surface area (Å²) in [5.41, 5.74) is 16.6. The molecule has 3 heteroatoms. The minimum Gasteiger partial charge on any atom is -0.310 e. The van der Waals surface area contributed by atoms with Crippen molar-refractivity contribution in [3.63, 3.8) is 0 Å². The van der Waals surface area contributed by atoms with Crippen LogP contribution in [-0.2, 0) is 5.41 Å². The third-order valence-corrected chi connectivity index (χ3v) is 13.3. The number of aromatic nitrogens is 1. The molecule has 10 aromatic rings. The highest BCUT2D eigenvalue weighted by atomic mass is 15.2. The van der Waals surface area contributed by atoms with Crippen molar-refractivity contribution in [3.8, 4) is 33.5 Å². The summed E-state index contributed by atoms with van der Waals surface area (Å²) in [5, 5.41) is 11.5. The normalized spacial score (nSPS) is 14.6. The van der Waals surface area contributed by atoms with Gasteiger partial charge in [0.15, 0.2) is 6.04 Å². The van der Waals surface area contributed by atoms with Crippen LogP contribution in [0.1, 0.15) is 42.1 Å². The maximum atomic E-state index is 5.60. The Bertz CT molecular complexity index is 3520. The molecule has 12 rings (SSSR count). The van der Waals surface area contributed by atoms with Gasteiger partial charge in [-0.1, -0.05) is 178 Å². The number of benzene rings is 9. The molecule has 0 saturated heterocycles. The Kier molecular flexibility index (Phi) is 8.58. The quantitative estimate of drug-likeness (QED) is 0.147. The molecule has 1 aromatic heterocycles. The number of anilines is 3. The van der Waals surface area contributed by atoms with Crippen molar-refractivity contribution >= 4 is 44.2 Å².